The minimum absolute atomic E-state index is 0.183. The molecule has 0 amide bonds. The maximum atomic E-state index is 16.3. The molecule has 0 unspecified atom stereocenters. The number of aromatic nitrogens is 3. The highest BCUT2D eigenvalue weighted by atomic mass is 35.5. The molecule has 2 atom stereocenters. The van der Waals surface area contributed by atoms with E-state index in [4.69, 9.17) is 26.1 Å². The summed E-state index contributed by atoms with van der Waals surface area (Å²) in [4.78, 5) is 16.1. The molecule has 0 saturated carbocycles. The van der Waals surface area contributed by atoms with Gasteiger partial charge in [-0.2, -0.15) is 9.97 Å². The van der Waals surface area contributed by atoms with Crippen molar-refractivity contribution >= 4 is 39.1 Å². The van der Waals surface area contributed by atoms with Crippen molar-refractivity contribution in [3.8, 4) is 17.3 Å². The number of benzene rings is 2. The van der Waals surface area contributed by atoms with Crippen LogP contribution in [0, 0.1) is 11.7 Å². The molecular weight excluding hydrogens is 481 g/mol. The van der Waals surface area contributed by atoms with E-state index in [1.54, 1.807) is 12.3 Å². The second-order valence-corrected chi connectivity index (χ2v) is 10.3. The Morgan fingerprint density at radius 2 is 1.86 bits per heavy atom. The van der Waals surface area contributed by atoms with Crippen LogP contribution in [0.4, 0.5) is 10.2 Å². The first-order valence-corrected chi connectivity index (χ1v) is 12.8. The number of halogens is 2. The summed E-state index contributed by atoms with van der Waals surface area (Å²) in [6.07, 6.45) is 3.95. The van der Waals surface area contributed by atoms with E-state index < -0.39 is 5.82 Å². The lowest BCUT2D eigenvalue weighted by molar-refractivity contribution is -0.0520. The molecule has 5 heterocycles. The number of fused-ring (bicyclic) bond motifs is 4. The highest BCUT2D eigenvalue weighted by molar-refractivity contribution is 6.36. The van der Waals surface area contributed by atoms with Crippen molar-refractivity contribution < 1.29 is 13.9 Å². The summed E-state index contributed by atoms with van der Waals surface area (Å²) in [5.74, 6) is 0.476. The van der Waals surface area contributed by atoms with Gasteiger partial charge in [-0.1, -0.05) is 41.9 Å². The Bertz CT molecular complexity index is 1460. The van der Waals surface area contributed by atoms with E-state index in [-0.39, 0.29) is 17.2 Å². The van der Waals surface area contributed by atoms with Crippen molar-refractivity contribution in [3.63, 3.8) is 0 Å². The number of rotatable bonds is 5. The number of hydrogen-bond acceptors (Lipinski definition) is 7. The molecule has 36 heavy (non-hydrogen) atoms. The molecule has 7 rings (SSSR count). The third-order valence-electron chi connectivity index (χ3n) is 7.42. The zero-order chi connectivity index (χ0) is 24.2. The molecule has 3 aliphatic rings. The maximum absolute atomic E-state index is 16.3. The molecule has 3 saturated heterocycles. The molecule has 9 heteroatoms. The molecular formula is C27H25ClFN5O2. The van der Waals surface area contributed by atoms with E-state index in [2.05, 4.69) is 20.2 Å². The van der Waals surface area contributed by atoms with Crippen LogP contribution in [0.1, 0.15) is 12.8 Å². The Balaban J connectivity index is 1.38. The molecule has 3 fully saturated rings. The van der Waals surface area contributed by atoms with Gasteiger partial charge in [-0.15, -0.1) is 0 Å². The van der Waals surface area contributed by atoms with Gasteiger partial charge in [0.25, 0.3) is 0 Å². The van der Waals surface area contributed by atoms with Gasteiger partial charge in [-0.05, 0) is 24.3 Å². The Morgan fingerprint density at radius 3 is 2.61 bits per heavy atom. The highest BCUT2D eigenvalue weighted by Crippen LogP contribution is 2.38. The fourth-order valence-electron chi connectivity index (χ4n) is 5.55. The number of anilines is 1. The summed E-state index contributed by atoms with van der Waals surface area (Å²) in [5, 5.41) is 6.47. The second kappa shape index (κ2) is 8.80. The van der Waals surface area contributed by atoms with E-state index in [0.717, 1.165) is 36.7 Å². The van der Waals surface area contributed by atoms with Gasteiger partial charge in [-0.3, -0.25) is 4.98 Å². The lowest BCUT2D eigenvalue weighted by atomic mass is 10.0. The minimum atomic E-state index is -0.501. The van der Waals surface area contributed by atoms with Crippen molar-refractivity contribution in [2.45, 2.75) is 24.9 Å². The Labute approximate surface area is 212 Å². The summed E-state index contributed by atoms with van der Waals surface area (Å²) >= 11 is 6.54. The average molecular weight is 506 g/mol. The Morgan fingerprint density at radius 1 is 1.08 bits per heavy atom. The number of ether oxygens (including phenoxy) is 2. The van der Waals surface area contributed by atoms with Gasteiger partial charge < -0.3 is 19.7 Å². The largest absolute Gasteiger partial charge is 0.463 e. The fourth-order valence-corrected chi connectivity index (χ4v) is 5.83. The summed E-state index contributed by atoms with van der Waals surface area (Å²) in [6, 6.07) is 12.3. The van der Waals surface area contributed by atoms with Gasteiger partial charge in [0.15, 0.2) is 5.82 Å². The molecule has 0 spiro atoms. The van der Waals surface area contributed by atoms with Crippen LogP contribution in [0.3, 0.4) is 0 Å². The van der Waals surface area contributed by atoms with Crippen LogP contribution in [0.5, 0.6) is 6.01 Å². The van der Waals surface area contributed by atoms with Crippen molar-refractivity contribution in [1.29, 1.82) is 0 Å². The van der Waals surface area contributed by atoms with E-state index in [0.29, 0.717) is 59.6 Å². The first kappa shape index (κ1) is 22.2. The van der Waals surface area contributed by atoms with Crippen molar-refractivity contribution in [2.24, 2.45) is 5.92 Å². The SMILES string of the molecule is Fc1c(-c2cccc3cccc(Cl)c23)ncc2c(N3C[C@H]4CC[C@@H](C3)N4)nc(OCC3COC3)nc12. The first-order valence-electron chi connectivity index (χ1n) is 12.4. The summed E-state index contributed by atoms with van der Waals surface area (Å²) in [6.45, 7) is 3.37. The van der Waals surface area contributed by atoms with Gasteiger partial charge in [0.05, 0.1) is 25.2 Å². The van der Waals surface area contributed by atoms with Crippen LogP contribution in [0.25, 0.3) is 32.9 Å². The topological polar surface area (TPSA) is 72.4 Å². The Hall–Kier alpha value is -3.07. The molecule has 7 nitrogen and oxygen atoms in total. The van der Waals surface area contributed by atoms with E-state index in [9.17, 15) is 0 Å². The zero-order valence-corrected chi connectivity index (χ0v) is 20.3. The van der Waals surface area contributed by atoms with Crippen LogP contribution in [0.2, 0.25) is 5.02 Å². The standard InChI is InChI=1S/C27H25ClFN5O2/c28-21-6-2-4-16-3-1-5-19(22(16)21)24-23(29)25-20(9-30-24)26(34-10-17-7-8-18(11-34)31-17)33-27(32-25)36-14-15-12-35-13-15/h1-6,9,15,17-18,31H,7-8,10-14H2/t17-,18+. The van der Waals surface area contributed by atoms with Gasteiger partial charge in [0, 0.05) is 53.3 Å². The number of piperazine rings is 1. The van der Waals surface area contributed by atoms with E-state index in [1.807, 2.05) is 30.3 Å². The molecule has 0 aliphatic carbocycles. The average Bonchev–Trinajstić information content (AvgIpc) is 3.20. The number of nitrogens with one attached hydrogen (secondary N) is 1. The fraction of sp³-hybridized carbons (Fsp3) is 0.370. The number of hydrogen-bond donors (Lipinski definition) is 1. The van der Waals surface area contributed by atoms with E-state index >= 15 is 4.39 Å². The Kier molecular flexibility index (Phi) is 5.41. The first-order chi connectivity index (χ1) is 17.6. The van der Waals surface area contributed by atoms with Crippen molar-refractivity contribution in [2.75, 3.05) is 37.8 Å². The monoisotopic (exact) mass is 505 g/mol. The lowest BCUT2D eigenvalue weighted by Gasteiger charge is -2.34. The van der Waals surface area contributed by atoms with Crippen LogP contribution in [-0.2, 0) is 4.74 Å². The summed E-state index contributed by atoms with van der Waals surface area (Å²) < 4.78 is 27.5. The normalized spacial score (nSPS) is 21.8. The molecule has 0 radical (unpaired) electrons. The molecule has 184 valence electrons. The maximum Gasteiger partial charge on any atom is 0.319 e. The molecule has 2 aromatic carbocycles. The number of pyridine rings is 1. The van der Waals surface area contributed by atoms with Crippen LogP contribution in [-0.4, -0.2) is 59.9 Å². The molecule has 2 bridgehead atoms. The van der Waals surface area contributed by atoms with E-state index in [1.165, 1.54) is 0 Å². The molecule has 4 aromatic rings. The van der Waals surface area contributed by atoms with Crippen molar-refractivity contribution in [3.05, 3.63) is 53.4 Å². The third kappa shape index (κ3) is 3.75. The number of nitrogens with zero attached hydrogens (tertiary/aromatic N) is 4. The van der Waals surface area contributed by atoms with Crippen LogP contribution < -0.4 is 15.0 Å². The zero-order valence-electron chi connectivity index (χ0n) is 19.6. The highest BCUT2D eigenvalue weighted by Gasteiger charge is 2.34. The summed E-state index contributed by atoms with van der Waals surface area (Å²) in [5.41, 5.74) is 1.05. The smallest absolute Gasteiger partial charge is 0.319 e. The predicted octanol–water partition coefficient (Wildman–Crippen LogP) is 4.60. The quantitative estimate of drug-likeness (QED) is 0.425. The lowest BCUT2D eigenvalue weighted by Crippen LogP contribution is -2.51. The molecule has 2 aromatic heterocycles. The minimum Gasteiger partial charge on any atom is -0.463 e. The van der Waals surface area contributed by atoms with Crippen LogP contribution in [0.15, 0.2) is 42.6 Å². The molecule has 3 aliphatic heterocycles. The third-order valence-corrected chi connectivity index (χ3v) is 7.74. The van der Waals surface area contributed by atoms with Gasteiger partial charge in [0.2, 0.25) is 0 Å². The second-order valence-electron chi connectivity index (χ2n) is 9.91. The van der Waals surface area contributed by atoms with Crippen molar-refractivity contribution in [1.82, 2.24) is 20.3 Å². The van der Waals surface area contributed by atoms with Crippen LogP contribution >= 0.6 is 11.6 Å². The van der Waals surface area contributed by atoms with Gasteiger partial charge in [-0.25, -0.2) is 4.39 Å². The predicted molar refractivity (Wildman–Crippen MR) is 137 cm³/mol. The van der Waals surface area contributed by atoms with Gasteiger partial charge in [0.1, 0.15) is 17.0 Å². The summed E-state index contributed by atoms with van der Waals surface area (Å²) in [7, 11) is 0. The van der Waals surface area contributed by atoms with Gasteiger partial charge >= 0.3 is 6.01 Å². The molecule has 1 N–H and O–H groups in total.